The molecule has 0 aromatic heterocycles. The fourth-order valence-corrected chi connectivity index (χ4v) is 2.88. The molecular weight excluding hydrogens is 274 g/mol. The molecule has 1 aliphatic rings. The second-order valence-corrected chi connectivity index (χ2v) is 5.65. The van der Waals surface area contributed by atoms with Gasteiger partial charge in [-0.05, 0) is 36.6 Å². The smallest absolute Gasteiger partial charge is 0.189 e. The van der Waals surface area contributed by atoms with E-state index >= 15 is 0 Å². The molecule has 2 aromatic carbocycles. The summed E-state index contributed by atoms with van der Waals surface area (Å²) in [4.78, 5) is 4.56. The summed E-state index contributed by atoms with van der Waals surface area (Å²) >= 11 is 0. The van der Waals surface area contributed by atoms with Gasteiger partial charge in [0.2, 0.25) is 0 Å². The fourth-order valence-electron chi connectivity index (χ4n) is 2.88. The first kappa shape index (κ1) is 14.4. The number of guanidine groups is 1. The fraction of sp³-hybridized carbons (Fsp3) is 0.278. The number of ether oxygens (including phenoxy) is 1. The van der Waals surface area contributed by atoms with E-state index in [2.05, 4.69) is 47.6 Å². The van der Waals surface area contributed by atoms with Gasteiger partial charge in [0.25, 0.3) is 0 Å². The molecule has 0 spiro atoms. The molecule has 3 N–H and O–H groups in total. The molecule has 1 heterocycles. The lowest BCUT2D eigenvalue weighted by Gasteiger charge is -2.29. The highest BCUT2D eigenvalue weighted by Gasteiger charge is 2.24. The van der Waals surface area contributed by atoms with Crippen LogP contribution < -0.4 is 15.8 Å². The topological polar surface area (TPSA) is 59.6 Å². The Bertz CT molecular complexity index is 696. The molecule has 0 radical (unpaired) electrons. The van der Waals surface area contributed by atoms with Crippen LogP contribution in [0.15, 0.2) is 53.5 Å². The van der Waals surface area contributed by atoms with Crippen molar-refractivity contribution in [2.75, 3.05) is 7.11 Å². The van der Waals surface area contributed by atoms with Gasteiger partial charge >= 0.3 is 0 Å². The molecular formula is C18H21N3O. The van der Waals surface area contributed by atoms with Gasteiger partial charge < -0.3 is 15.8 Å². The number of nitrogens with one attached hydrogen (secondary N) is 1. The van der Waals surface area contributed by atoms with Gasteiger partial charge in [-0.2, -0.15) is 0 Å². The van der Waals surface area contributed by atoms with Gasteiger partial charge in [-0.25, -0.2) is 4.99 Å². The van der Waals surface area contributed by atoms with Crippen LogP contribution in [0, 0.1) is 6.92 Å². The zero-order valence-electron chi connectivity index (χ0n) is 12.9. The van der Waals surface area contributed by atoms with Crippen LogP contribution in [0.1, 0.15) is 35.2 Å². The minimum absolute atomic E-state index is 0.0809. The van der Waals surface area contributed by atoms with Gasteiger partial charge in [-0.15, -0.1) is 0 Å². The Hall–Kier alpha value is -2.49. The molecule has 2 atom stereocenters. The van der Waals surface area contributed by atoms with Gasteiger partial charge in [-0.1, -0.05) is 42.0 Å². The minimum Gasteiger partial charge on any atom is -0.497 e. The van der Waals surface area contributed by atoms with E-state index in [4.69, 9.17) is 10.5 Å². The Morgan fingerprint density at radius 2 is 1.91 bits per heavy atom. The van der Waals surface area contributed by atoms with Crippen molar-refractivity contribution in [1.29, 1.82) is 0 Å². The molecule has 114 valence electrons. The number of hydrogen-bond acceptors (Lipinski definition) is 4. The first-order chi connectivity index (χ1) is 10.7. The molecule has 0 saturated carbocycles. The number of aryl methyl sites for hydroxylation is 1. The second-order valence-electron chi connectivity index (χ2n) is 5.65. The van der Waals surface area contributed by atoms with E-state index in [-0.39, 0.29) is 12.1 Å². The van der Waals surface area contributed by atoms with Crippen LogP contribution in [0.25, 0.3) is 0 Å². The van der Waals surface area contributed by atoms with E-state index in [0.29, 0.717) is 5.96 Å². The Balaban J connectivity index is 1.88. The van der Waals surface area contributed by atoms with E-state index in [1.54, 1.807) is 7.11 Å². The van der Waals surface area contributed by atoms with Crippen LogP contribution >= 0.6 is 0 Å². The predicted molar refractivity (Wildman–Crippen MR) is 89.0 cm³/mol. The maximum atomic E-state index is 6.01. The van der Waals surface area contributed by atoms with Crippen molar-refractivity contribution in [2.24, 2.45) is 10.7 Å². The third kappa shape index (κ3) is 3.06. The number of aliphatic imine (C=N–C) groups is 1. The Kier molecular flexibility index (Phi) is 4.00. The van der Waals surface area contributed by atoms with Crippen LogP contribution in [0.5, 0.6) is 5.75 Å². The highest BCUT2D eigenvalue weighted by molar-refractivity contribution is 5.79. The Labute approximate surface area is 131 Å². The summed E-state index contributed by atoms with van der Waals surface area (Å²) in [6, 6.07) is 16.8. The second kappa shape index (κ2) is 6.10. The third-order valence-corrected chi connectivity index (χ3v) is 4.00. The molecule has 2 aromatic rings. The van der Waals surface area contributed by atoms with E-state index in [1.165, 1.54) is 11.1 Å². The van der Waals surface area contributed by atoms with E-state index in [0.717, 1.165) is 17.7 Å². The number of hydrogen-bond donors (Lipinski definition) is 2. The largest absolute Gasteiger partial charge is 0.497 e. The van der Waals surface area contributed by atoms with E-state index in [1.807, 2.05) is 18.2 Å². The number of nitrogens with zero attached hydrogens (tertiary/aromatic N) is 1. The summed E-state index contributed by atoms with van der Waals surface area (Å²) < 4.78 is 5.31. The lowest BCUT2D eigenvalue weighted by Crippen LogP contribution is -2.39. The predicted octanol–water partition coefficient (Wildman–Crippen LogP) is 3.09. The van der Waals surface area contributed by atoms with Crippen LogP contribution in [0.2, 0.25) is 0 Å². The summed E-state index contributed by atoms with van der Waals surface area (Å²) in [5.41, 5.74) is 9.61. The van der Waals surface area contributed by atoms with Gasteiger partial charge in [0.1, 0.15) is 5.75 Å². The molecule has 0 aliphatic carbocycles. The van der Waals surface area contributed by atoms with Crippen molar-refractivity contribution >= 4 is 5.96 Å². The molecule has 3 rings (SSSR count). The van der Waals surface area contributed by atoms with Crippen LogP contribution in [0.3, 0.4) is 0 Å². The highest BCUT2D eigenvalue weighted by Crippen LogP contribution is 2.33. The molecule has 0 saturated heterocycles. The third-order valence-electron chi connectivity index (χ3n) is 4.00. The lowest BCUT2D eigenvalue weighted by atomic mass is 9.93. The number of methoxy groups -OCH3 is 1. The lowest BCUT2D eigenvalue weighted by molar-refractivity contribution is 0.412. The van der Waals surface area contributed by atoms with E-state index < -0.39 is 0 Å². The summed E-state index contributed by atoms with van der Waals surface area (Å²) in [6.07, 6.45) is 0.872. The number of benzene rings is 2. The summed E-state index contributed by atoms with van der Waals surface area (Å²) in [5.74, 6) is 1.35. The molecule has 0 bridgehead atoms. The zero-order valence-corrected chi connectivity index (χ0v) is 12.9. The first-order valence-electron chi connectivity index (χ1n) is 7.46. The Morgan fingerprint density at radius 3 is 2.68 bits per heavy atom. The van der Waals surface area contributed by atoms with Crippen molar-refractivity contribution in [3.63, 3.8) is 0 Å². The quantitative estimate of drug-likeness (QED) is 0.914. The number of rotatable bonds is 3. The van der Waals surface area contributed by atoms with Crippen molar-refractivity contribution in [2.45, 2.75) is 25.4 Å². The van der Waals surface area contributed by atoms with Crippen LogP contribution in [0.4, 0.5) is 0 Å². The molecule has 2 unspecified atom stereocenters. The highest BCUT2D eigenvalue weighted by atomic mass is 16.5. The SMILES string of the molecule is COc1cccc(C2CC(c3cccc(C)c3)N=C(N)N2)c1. The first-order valence-corrected chi connectivity index (χ1v) is 7.46. The summed E-state index contributed by atoms with van der Waals surface area (Å²) in [5, 5.41) is 3.27. The van der Waals surface area contributed by atoms with Crippen molar-refractivity contribution in [1.82, 2.24) is 5.32 Å². The maximum Gasteiger partial charge on any atom is 0.189 e. The van der Waals surface area contributed by atoms with E-state index in [9.17, 15) is 0 Å². The average molecular weight is 295 g/mol. The van der Waals surface area contributed by atoms with Crippen LogP contribution in [-0.2, 0) is 0 Å². The summed E-state index contributed by atoms with van der Waals surface area (Å²) in [7, 11) is 1.68. The molecule has 1 aliphatic heterocycles. The molecule has 0 fully saturated rings. The molecule has 0 amide bonds. The van der Waals surface area contributed by atoms with Crippen molar-refractivity contribution < 1.29 is 4.74 Å². The Morgan fingerprint density at radius 1 is 1.14 bits per heavy atom. The molecule has 4 heteroatoms. The zero-order chi connectivity index (χ0) is 15.5. The minimum atomic E-state index is 0.0809. The average Bonchev–Trinajstić information content (AvgIpc) is 2.54. The van der Waals surface area contributed by atoms with Crippen molar-refractivity contribution in [3.8, 4) is 5.75 Å². The van der Waals surface area contributed by atoms with Crippen LogP contribution in [-0.4, -0.2) is 13.1 Å². The van der Waals surface area contributed by atoms with Gasteiger partial charge in [0, 0.05) is 0 Å². The van der Waals surface area contributed by atoms with Gasteiger partial charge in [0.05, 0.1) is 19.2 Å². The molecule has 22 heavy (non-hydrogen) atoms. The molecule has 4 nitrogen and oxygen atoms in total. The normalized spacial score (nSPS) is 20.9. The number of nitrogens with two attached hydrogens (primary N) is 1. The van der Waals surface area contributed by atoms with Gasteiger partial charge in [-0.3, -0.25) is 0 Å². The van der Waals surface area contributed by atoms with Crippen molar-refractivity contribution in [3.05, 3.63) is 65.2 Å². The monoisotopic (exact) mass is 295 g/mol. The maximum absolute atomic E-state index is 6.01. The summed E-state index contributed by atoms with van der Waals surface area (Å²) in [6.45, 7) is 2.09. The van der Waals surface area contributed by atoms with Gasteiger partial charge in [0.15, 0.2) is 5.96 Å². The standard InChI is InChI=1S/C18H21N3O/c1-12-5-3-6-13(9-12)16-11-17(21-18(19)20-16)14-7-4-8-15(10-14)22-2/h3-10,16-17H,11H2,1-2H3,(H3,19,20,21).